The van der Waals surface area contributed by atoms with Crippen LogP contribution in [-0.4, -0.2) is 30.2 Å². The molecule has 3 rings (SSSR count). The maximum atomic E-state index is 12.2. The van der Waals surface area contributed by atoms with Crippen molar-refractivity contribution in [1.29, 1.82) is 0 Å². The Bertz CT molecular complexity index is 877. The molecule has 2 aromatic rings. The Labute approximate surface area is 161 Å². The van der Waals surface area contributed by atoms with Crippen LogP contribution in [-0.2, 0) is 4.74 Å². The molecule has 0 radical (unpaired) electrons. The molecular formula is C23H27NO3. The summed E-state index contributed by atoms with van der Waals surface area (Å²) in [6.07, 6.45) is 2.57. The van der Waals surface area contributed by atoms with Gasteiger partial charge in [-0.1, -0.05) is 36.4 Å². The van der Waals surface area contributed by atoms with Gasteiger partial charge in [-0.3, -0.25) is 0 Å². The Kier molecular flexibility index (Phi) is 5.26. The molecule has 0 atom stereocenters. The second-order valence-corrected chi connectivity index (χ2v) is 7.91. The van der Waals surface area contributed by atoms with Gasteiger partial charge in [-0.25, -0.2) is 4.79 Å². The number of fused-ring (bicyclic) bond motifs is 2. The number of benzene rings is 2. The van der Waals surface area contributed by atoms with Gasteiger partial charge in [-0.05, 0) is 57.4 Å². The van der Waals surface area contributed by atoms with Crippen LogP contribution in [0.25, 0.3) is 11.6 Å². The van der Waals surface area contributed by atoms with E-state index in [-0.39, 0.29) is 6.09 Å². The van der Waals surface area contributed by atoms with Crippen LogP contribution in [0.5, 0.6) is 11.5 Å². The Morgan fingerprint density at radius 1 is 1.11 bits per heavy atom. The van der Waals surface area contributed by atoms with Crippen molar-refractivity contribution in [3.8, 4) is 11.5 Å². The van der Waals surface area contributed by atoms with Gasteiger partial charge in [0.05, 0.1) is 0 Å². The van der Waals surface area contributed by atoms with Crippen LogP contribution in [0.1, 0.15) is 43.9 Å². The van der Waals surface area contributed by atoms with Gasteiger partial charge < -0.3 is 14.4 Å². The molecule has 1 amide bonds. The second-order valence-electron chi connectivity index (χ2n) is 7.91. The minimum Gasteiger partial charge on any atom is -0.456 e. The summed E-state index contributed by atoms with van der Waals surface area (Å²) in [7, 11) is 1.77. The van der Waals surface area contributed by atoms with Gasteiger partial charge >= 0.3 is 6.09 Å². The van der Waals surface area contributed by atoms with E-state index in [2.05, 4.69) is 31.2 Å². The normalized spacial score (nSPS) is 12.9. The summed E-state index contributed by atoms with van der Waals surface area (Å²) in [6, 6.07) is 14.2. The number of hydrogen-bond donors (Lipinski definition) is 0. The van der Waals surface area contributed by atoms with E-state index in [0.29, 0.717) is 13.0 Å². The zero-order valence-corrected chi connectivity index (χ0v) is 16.7. The molecule has 0 N–H and O–H groups in total. The van der Waals surface area contributed by atoms with Crippen LogP contribution >= 0.6 is 0 Å². The fraction of sp³-hybridized carbons (Fsp3) is 0.348. The highest BCUT2D eigenvalue weighted by atomic mass is 16.6. The van der Waals surface area contributed by atoms with Crippen LogP contribution in [0.15, 0.2) is 42.5 Å². The summed E-state index contributed by atoms with van der Waals surface area (Å²) in [6.45, 7) is 8.24. The van der Waals surface area contributed by atoms with E-state index >= 15 is 0 Å². The molecule has 0 saturated heterocycles. The number of aryl methyl sites for hydroxylation is 1. The number of hydrogen-bond acceptors (Lipinski definition) is 3. The first kappa shape index (κ1) is 19.0. The van der Waals surface area contributed by atoms with Crippen molar-refractivity contribution in [3.63, 3.8) is 0 Å². The van der Waals surface area contributed by atoms with Crippen LogP contribution in [0.4, 0.5) is 4.79 Å². The monoisotopic (exact) mass is 365 g/mol. The second kappa shape index (κ2) is 7.47. The lowest BCUT2D eigenvalue weighted by atomic mass is 9.99. The van der Waals surface area contributed by atoms with E-state index in [4.69, 9.17) is 9.47 Å². The fourth-order valence-electron chi connectivity index (χ4n) is 3.05. The minimum absolute atomic E-state index is 0.308. The third kappa shape index (κ3) is 4.51. The standard InChI is InChI=1S/C23H27NO3/c1-16-9-8-10-18-15-17(13-14-24(5)22(25)27-23(2,3)4)19-11-6-7-12-20(19)26-21(16)18/h6-12,15H,13-14H2,1-5H3. The Morgan fingerprint density at radius 3 is 2.59 bits per heavy atom. The molecule has 0 aromatic heterocycles. The topological polar surface area (TPSA) is 38.8 Å². The Morgan fingerprint density at radius 2 is 1.85 bits per heavy atom. The first-order valence-electron chi connectivity index (χ1n) is 9.26. The van der Waals surface area contributed by atoms with E-state index < -0.39 is 5.60 Å². The lowest BCUT2D eigenvalue weighted by Crippen LogP contribution is -2.34. The molecule has 0 saturated carbocycles. The third-order valence-electron chi connectivity index (χ3n) is 4.44. The van der Waals surface area contributed by atoms with Crippen molar-refractivity contribution >= 4 is 17.7 Å². The number of carbonyl (C=O) groups excluding carboxylic acids is 1. The summed E-state index contributed by atoms with van der Waals surface area (Å²) < 4.78 is 11.7. The summed E-state index contributed by atoms with van der Waals surface area (Å²) in [5, 5.41) is 0. The molecule has 1 aliphatic rings. The zero-order chi connectivity index (χ0) is 19.6. The summed E-state index contributed by atoms with van der Waals surface area (Å²) in [5.41, 5.74) is 3.87. The molecule has 0 fully saturated rings. The number of rotatable bonds is 3. The van der Waals surface area contributed by atoms with Crippen molar-refractivity contribution in [2.75, 3.05) is 13.6 Å². The van der Waals surface area contributed by atoms with Crippen molar-refractivity contribution < 1.29 is 14.3 Å². The summed E-state index contributed by atoms with van der Waals surface area (Å²) in [5.74, 6) is 1.73. The number of nitrogens with zero attached hydrogens (tertiary/aromatic N) is 1. The summed E-state index contributed by atoms with van der Waals surface area (Å²) >= 11 is 0. The first-order chi connectivity index (χ1) is 12.7. The maximum absolute atomic E-state index is 12.2. The lowest BCUT2D eigenvalue weighted by Gasteiger charge is -2.25. The van der Waals surface area contributed by atoms with Gasteiger partial charge in [0.15, 0.2) is 0 Å². The molecule has 1 heterocycles. The molecule has 4 heteroatoms. The molecule has 0 bridgehead atoms. The molecule has 0 spiro atoms. The van der Waals surface area contributed by atoms with Crippen LogP contribution in [0.2, 0.25) is 0 Å². The van der Waals surface area contributed by atoms with Crippen molar-refractivity contribution in [2.45, 2.75) is 39.7 Å². The SMILES string of the molecule is Cc1cccc2c1Oc1ccccc1C(CCN(C)C(=O)OC(C)(C)C)=C2. The largest absolute Gasteiger partial charge is 0.456 e. The highest BCUT2D eigenvalue weighted by Gasteiger charge is 2.21. The van der Waals surface area contributed by atoms with Crippen LogP contribution < -0.4 is 4.74 Å². The molecule has 27 heavy (non-hydrogen) atoms. The first-order valence-corrected chi connectivity index (χ1v) is 9.26. The van der Waals surface area contributed by atoms with Crippen LogP contribution in [0, 0.1) is 6.92 Å². The van der Waals surface area contributed by atoms with E-state index in [1.807, 2.05) is 45.0 Å². The number of amides is 1. The van der Waals surface area contributed by atoms with E-state index in [1.54, 1.807) is 11.9 Å². The van der Waals surface area contributed by atoms with Crippen molar-refractivity contribution in [2.24, 2.45) is 0 Å². The van der Waals surface area contributed by atoms with Gasteiger partial charge in [0.25, 0.3) is 0 Å². The van der Waals surface area contributed by atoms with Gasteiger partial charge in [0.1, 0.15) is 17.1 Å². The minimum atomic E-state index is -0.496. The molecule has 4 nitrogen and oxygen atoms in total. The summed E-state index contributed by atoms with van der Waals surface area (Å²) in [4.78, 5) is 13.9. The molecular weight excluding hydrogens is 338 g/mol. The van der Waals surface area contributed by atoms with Gasteiger partial charge in [-0.15, -0.1) is 0 Å². The average molecular weight is 365 g/mol. The Balaban J connectivity index is 1.86. The van der Waals surface area contributed by atoms with E-state index in [0.717, 1.165) is 33.8 Å². The van der Waals surface area contributed by atoms with Gasteiger partial charge in [-0.2, -0.15) is 0 Å². The number of carbonyl (C=O) groups is 1. The van der Waals surface area contributed by atoms with E-state index in [9.17, 15) is 4.79 Å². The Hall–Kier alpha value is -2.75. The third-order valence-corrected chi connectivity index (χ3v) is 4.44. The number of ether oxygens (including phenoxy) is 2. The van der Waals surface area contributed by atoms with Crippen molar-refractivity contribution in [3.05, 3.63) is 59.2 Å². The lowest BCUT2D eigenvalue weighted by molar-refractivity contribution is 0.0302. The molecule has 142 valence electrons. The molecule has 0 unspecified atom stereocenters. The number of para-hydroxylation sites is 2. The molecule has 2 aromatic carbocycles. The predicted octanol–water partition coefficient (Wildman–Crippen LogP) is 5.90. The predicted molar refractivity (Wildman–Crippen MR) is 109 cm³/mol. The van der Waals surface area contributed by atoms with E-state index in [1.165, 1.54) is 0 Å². The van der Waals surface area contributed by atoms with Gasteiger partial charge in [0.2, 0.25) is 0 Å². The highest BCUT2D eigenvalue weighted by molar-refractivity contribution is 5.87. The average Bonchev–Trinajstić information content (AvgIpc) is 2.76. The molecule has 0 aliphatic carbocycles. The fourth-order valence-corrected chi connectivity index (χ4v) is 3.05. The van der Waals surface area contributed by atoms with Crippen LogP contribution in [0.3, 0.4) is 0 Å². The quantitative estimate of drug-likeness (QED) is 0.680. The maximum Gasteiger partial charge on any atom is 0.410 e. The zero-order valence-electron chi connectivity index (χ0n) is 16.7. The smallest absolute Gasteiger partial charge is 0.410 e. The highest BCUT2D eigenvalue weighted by Crippen LogP contribution is 2.40. The molecule has 1 aliphatic heterocycles. The van der Waals surface area contributed by atoms with Gasteiger partial charge in [0, 0.05) is 24.7 Å². The van der Waals surface area contributed by atoms with Crippen molar-refractivity contribution in [1.82, 2.24) is 4.90 Å².